The molecule has 34 heavy (non-hydrogen) atoms. The zero-order valence-corrected chi connectivity index (χ0v) is 20.9. The van der Waals surface area contributed by atoms with E-state index in [2.05, 4.69) is 15.9 Å². The fourth-order valence-electron chi connectivity index (χ4n) is 3.31. The van der Waals surface area contributed by atoms with E-state index in [1.807, 2.05) is 31.2 Å². The maximum absolute atomic E-state index is 12.8. The highest BCUT2D eigenvalue weighted by atomic mass is 79.9. The molecule has 0 aliphatic carbocycles. The van der Waals surface area contributed by atoms with E-state index in [0.717, 1.165) is 40.2 Å². The summed E-state index contributed by atoms with van der Waals surface area (Å²) in [5.41, 5.74) is 2.11. The minimum absolute atomic E-state index is 0.195. The van der Waals surface area contributed by atoms with Gasteiger partial charge < -0.3 is 9.15 Å². The van der Waals surface area contributed by atoms with Crippen LogP contribution in [0.5, 0.6) is 0 Å². The third kappa shape index (κ3) is 5.51. The summed E-state index contributed by atoms with van der Waals surface area (Å²) in [6, 6.07) is 18.0. The number of carbonyl (C=O) groups excluding carboxylic acids is 3. The van der Waals surface area contributed by atoms with E-state index < -0.39 is 0 Å². The van der Waals surface area contributed by atoms with Gasteiger partial charge in [0.25, 0.3) is 11.1 Å². The van der Waals surface area contributed by atoms with Crippen LogP contribution in [0.1, 0.15) is 41.4 Å². The second-order valence-electron chi connectivity index (χ2n) is 7.63. The summed E-state index contributed by atoms with van der Waals surface area (Å²) >= 11 is 4.34. The Morgan fingerprint density at radius 1 is 1.09 bits per heavy atom. The molecule has 1 aliphatic heterocycles. The topological polar surface area (TPSA) is 76.8 Å². The molecule has 0 radical (unpaired) electrons. The minimum Gasteiger partial charge on any atom is -0.462 e. The van der Waals surface area contributed by atoms with Gasteiger partial charge in [0.15, 0.2) is 0 Å². The number of imide groups is 1. The van der Waals surface area contributed by atoms with Gasteiger partial charge in [0, 0.05) is 16.1 Å². The number of hydrogen-bond acceptors (Lipinski definition) is 6. The molecule has 0 bridgehead atoms. The molecule has 2 amide bonds. The molecule has 1 aromatic heterocycles. The average Bonchev–Trinajstić information content (AvgIpc) is 3.41. The van der Waals surface area contributed by atoms with E-state index in [-0.39, 0.29) is 23.7 Å². The van der Waals surface area contributed by atoms with Crippen LogP contribution < -0.4 is 0 Å². The molecule has 0 unspecified atom stereocenters. The molecule has 2 aromatic carbocycles. The van der Waals surface area contributed by atoms with E-state index in [9.17, 15) is 14.4 Å². The monoisotopic (exact) mass is 539 g/mol. The second kappa shape index (κ2) is 10.9. The van der Waals surface area contributed by atoms with Gasteiger partial charge in [-0.3, -0.25) is 14.5 Å². The van der Waals surface area contributed by atoms with Crippen molar-refractivity contribution in [2.45, 2.75) is 26.3 Å². The van der Waals surface area contributed by atoms with Gasteiger partial charge in [-0.05, 0) is 54.1 Å². The first kappa shape index (κ1) is 24.0. The predicted molar refractivity (Wildman–Crippen MR) is 135 cm³/mol. The largest absolute Gasteiger partial charge is 0.462 e. The van der Waals surface area contributed by atoms with Crippen molar-refractivity contribution in [3.05, 3.63) is 86.9 Å². The Morgan fingerprint density at radius 3 is 2.59 bits per heavy atom. The maximum Gasteiger partial charge on any atom is 0.338 e. The van der Waals surface area contributed by atoms with Crippen molar-refractivity contribution in [3.63, 3.8) is 0 Å². The van der Waals surface area contributed by atoms with Crippen LogP contribution in [0.2, 0.25) is 0 Å². The zero-order chi connectivity index (χ0) is 24.1. The smallest absolute Gasteiger partial charge is 0.338 e. The molecule has 1 aliphatic rings. The number of amides is 2. The van der Waals surface area contributed by atoms with Gasteiger partial charge in [-0.25, -0.2) is 4.79 Å². The molecule has 174 valence electrons. The van der Waals surface area contributed by atoms with E-state index in [4.69, 9.17) is 9.15 Å². The number of esters is 1. The van der Waals surface area contributed by atoms with E-state index in [0.29, 0.717) is 28.6 Å². The summed E-state index contributed by atoms with van der Waals surface area (Å²) in [7, 11) is 0. The van der Waals surface area contributed by atoms with Crippen LogP contribution in [0.4, 0.5) is 4.79 Å². The number of rotatable bonds is 8. The average molecular weight is 540 g/mol. The first-order chi connectivity index (χ1) is 16.5. The third-order valence-electron chi connectivity index (χ3n) is 5.20. The Balaban J connectivity index is 1.44. The Labute approximate surface area is 210 Å². The summed E-state index contributed by atoms with van der Waals surface area (Å²) in [4.78, 5) is 38.9. The normalized spacial score (nSPS) is 14.8. The first-order valence-corrected chi connectivity index (χ1v) is 12.4. The van der Waals surface area contributed by atoms with Crippen LogP contribution in [0, 0.1) is 0 Å². The van der Waals surface area contributed by atoms with Crippen LogP contribution in [-0.4, -0.2) is 28.6 Å². The molecule has 0 spiro atoms. The summed E-state index contributed by atoms with van der Waals surface area (Å²) in [6.45, 7) is 2.64. The summed E-state index contributed by atoms with van der Waals surface area (Å²) in [6.07, 6.45) is 3.38. The lowest BCUT2D eigenvalue weighted by molar-refractivity contribution is -0.123. The van der Waals surface area contributed by atoms with Crippen molar-refractivity contribution in [1.82, 2.24) is 4.90 Å². The molecule has 6 nitrogen and oxygen atoms in total. The number of halogens is 1. The third-order valence-corrected chi connectivity index (χ3v) is 6.88. The van der Waals surface area contributed by atoms with Gasteiger partial charge in [0.05, 0.1) is 23.6 Å². The Kier molecular flexibility index (Phi) is 7.70. The van der Waals surface area contributed by atoms with Crippen LogP contribution in [0.3, 0.4) is 0 Å². The number of unbranched alkanes of at least 4 members (excludes halogenated alkanes) is 1. The summed E-state index contributed by atoms with van der Waals surface area (Å²) in [5.74, 6) is 0.349. The first-order valence-electron chi connectivity index (χ1n) is 10.8. The molecular formula is C26H22BrNO5S. The van der Waals surface area contributed by atoms with Gasteiger partial charge in [-0.15, -0.1) is 0 Å². The van der Waals surface area contributed by atoms with E-state index in [1.165, 1.54) is 4.90 Å². The van der Waals surface area contributed by atoms with Crippen molar-refractivity contribution in [1.29, 1.82) is 0 Å². The lowest BCUT2D eigenvalue weighted by atomic mass is 10.1. The van der Waals surface area contributed by atoms with Gasteiger partial charge in [-0.1, -0.05) is 59.6 Å². The van der Waals surface area contributed by atoms with Crippen molar-refractivity contribution in [2.24, 2.45) is 0 Å². The Morgan fingerprint density at radius 2 is 1.85 bits per heavy atom. The van der Waals surface area contributed by atoms with Crippen LogP contribution >= 0.6 is 27.7 Å². The molecule has 2 heterocycles. The SMILES string of the molecule is CCCCOC(=O)c1ccc(-c2ccc(/C=C3/SC(=O)N(Cc4ccccc4Br)C3=O)o2)cc1. The number of furan rings is 1. The molecule has 4 rings (SSSR count). The Hall–Kier alpha value is -3.10. The molecule has 8 heteroatoms. The molecule has 1 fully saturated rings. The number of ether oxygens (including phenoxy) is 1. The number of hydrogen-bond donors (Lipinski definition) is 0. The van der Waals surface area contributed by atoms with Gasteiger partial charge in [-0.2, -0.15) is 0 Å². The summed E-state index contributed by atoms with van der Waals surface area (Å²) in [5, 5.41) is -0.319. The van der Waals surface area contributed by atoms with Crippen molar-refractivity contribution in [3.8, 4) is 11.3 Å². The van der Waals surface area contributed by atoms with Crippen LogP contribution in [0.15, 0.2) is 74.5 Å². The standard InChI is InChI=1S/C26H22BrNO5S/c1-2-3-14-32-25(30)18-10-8-17(9-11-18)22-13-12-20(33-22)15-23-24(29)28(26(31)34-23)16-19-6-4-5-7-21(19)27/h4-13,15H,2-3,14,16H2,1H3/b23-15+. The minimum atomic E-state index is -0.352. The van der Waals surface area contributed by atoms with Gasteiger partial charge >= 0.3 is 5.97 Å². The van der Waals surface area contributed by atoms with Crippen LogP contribution in [0.25, 0.3) is 17.4 Å². The highest BCUT2D eigenvalue weighted by molar-refractivity contribution is 9.10. The second-order valence-corrected chi connectivity index (χ2v) is 9.48. The number of nitrogens with zero attached hydrogens (tertiary/aromatic N) is 1. The molecule has 0 saturated carbocycles. The van der Waals surface area contributed by atoms with E-state index >= 15 is 0 Å². The van der Waals surface area contributed by atoms with Crippen LogP contribution in [-0.2, 0) is 16.1 Å². The van der Waals surface area contributed by atoms with Crippen molar-refractivity contribution < 1.29 is 23.5 Å². The Bertz CT molecular complexity index is 1250. The van der Waals surface area contributed by atoms with E-state index in [1.54, 1.807) is 42.5 Å². The predicted octanol–water partition coefficient (Wildman–Crippen LogP) is 6.90. The van der Waals surface area contributed by atoms with Crippen molar-refractivity contribution >= 4 is 50.9 Å². The summed E-state index contributed by atoms with van der Waals surface area (Å²) < 4.78 is 11.9. The highest BCUT2D eigenvalue weighted by Gasteiger charge is 2.35. The fourth-order valence-corrected chi connectivity index (χ4v) is 4.54. The number of carbonyl (C=O) groups is 3. The maximum atomic E-state index is 12.8. The van der Waals surface area contributed by atoms with Crippen molar-refractivity contribution in [2.75, 3.05) is 6.61 Å². The molecule has 0 N–H and O–H groups in total. The number of thioether (sulfide) groups is 1. The van der Waals surface area contributed by atoms with Gasteiger partial charge in [0.1, 0.15) is 11.5 Å². The molecular weight excluding hydrogens is 518 g/mol. The lowest BCUT2D eigenvalue weighted by Crippen LogP contribution is -2.27. The quantitative estimate of drug-likeness (QED) is 0.176. The zero-order valence-electron chi connectivity index (χ0n) is 18.5. The fraction of sp³-hybridized carbons (Fsp3) is 0.192. The molecule has 0 atom stereocenters. The number of benzene rings is 2. The molecule has 3 aromatic rings. The lowest BCUT2D eigenvalue weighted by Gasteiger charge is -2.13. The molecule has 1 saturated heterocycles. The highest BCUT2D eigenvalue weighted by Crippen LogP contribution is 2.35. The van der Waals surface area contributed by atoms with Gasteiger partial charge in [0.2, 0.25) is 0 Å².